The van der Waals surface area contributed by atoms with Gasteiger partial charge in [0.25, 0.3) is 0 Å². The molecule has 13 heteroatoms. The fourth-order valence-electron chi connectivity index (χ4n) is 5.90. The van der Waals surface area contributed by atoms with Crippen molar-refractivity contribution in [1.82, 2.24) is 19.9 Å². The number of rotatable bonds is 5. The van der Waals surface area contributed by atoms with Crippen molar-refractivity contribution in [2.45, 2.75) is 63.8 Å². The van der Waals surface area contributed by atoms with Gasteiger partial charge in [-0.3, -0.25) is 9.59 Å². The van der Waals surface area contributed by atoms with Gasteiger partial charge in [-0.2, -0.15) is 26.3 Å². The van der Waals surface area contributed by atoms with Crippen molar-refractivity contribution in [3.05, 3.63) is 95.1 Å². The number of hydrogen-bond donors (Lipinski definition) is 1. The summed E-state index contributed by atoms with van der Waals surface area (Å²) in [5.74, 6) is -3.78. The molecular formula is C33H31F6N5O2. The van der Waals surface area contributed by atoms with E-state index in [-0.39, 0.29) is 50.1 Å². The Hall–Kier alpha value is -4.26. The van der Waals surface area contributed by atoms with Crippen molar-refractivity contribution in [2.75, 3.05) is 0 Å². The number of carbonyl (C=O) groups is 2. The van der Waals surface area contributed by atoms with Crippen molar-refractivity contribution < 1.29 is 35.9 Å². The Kier molecular flexibility index (Phi) is 9.80. The zero-order chi connectivity index (χ0) is 33.1. The molecule has 3 aliphatic rings. The second kappa shape index (κ2) is 13.6. The third kappa shape index (κ3) is 7.57. The Morgan fingerprint density at radius 3 is 1.57 bits per heavy atom. The highest BCUT2D eigenvalue weighted by Gasteiger charge is 2.41. The van der Waals surface area contributed by atoms with Gasteiger partial charge in [0.05, 0.1) is 34.8 Å². The molecule has 2 aromatic heterocycles. The summed E-state index contributed by atoms with van der Waals surface area (Å²) in [6.07, 6.45) is -1.40. The minimum Gasteiger partial charge on any atom is -0.325 e. The minimum atomic E-state index is -4.18. The van der Waals surface area contributed by atoms with E-state index < -0.39 is 30.1 Å². The van der Waals surface area contributed by atoms with Crippen molar-refractivity contribution >= 4 is 22.7 Å². The maximum atomic E-state index is 12.8. The molecule has 2 N–H and O–H groups in total. The molecule has 0 radical (unpaired) electrons. The van der Waals surface area contributed by atoms with E-state index >= 15 is 0 Å². The predicted molar refractivity (Wildman–Crippen MR) is 157 cm³/mol. The SMILES string of the molecule is NCc1cc(C2=CCC(C(F)(F)F)CC2)ncn1.O=C1c2ccccc2C(=O)C1Cc1cc(C2=CCC(C(F)(F)F)CC2)ncn1. The van der Waals surface area contributed by atoms with Crippen LogP contribution in [0.3, 0.4) is 0 Å². The topological polar surface area (TPSA) is 112 Å². The first-order valence-corrected chi connectivity index (χ1v) is 14.9. The second-order valence-electron chi connectivity index (χ2n) is 11.5. The van der Waals surface area contributed by atoms with Crippen molar-refractivity contribution in [3.8, 4) is 0 Å². The molecule has 2 atom stereocenters. The molecule has 0 spiro atoms. The quantitative estimate of drug-likeness (QED) is 0.232. The van der Waals surface area contributed by atoms with Gasteiger partial charge in [0.2, 0.25) is 0 Å². The number of ketones is 2. The molecule has 2 heterocycles. The molecule has 3 aromatic rings. The van der Waals surface area contributed by atoms with E-state index in [4.69, 9.17) is 5.73 Å². The third-order valence-corrected chi connectivity index (χ3v) is 8.57. The number of halogens is 6. The van der Waals surface area contributed by atoms with Crippen LogP contribution in [0.25, 0.3) is 11.1 Å². The summed E-state index contributed by atoms with van der Waals surface area (Å²) in [7, 11) is 0. The van der Waals surface area contributed by atoms with Gasteiger partial charge in [0.15, 0.2) is 11.6 Å². The molecule has 46 heavy (non-hydrogen) atoms. The molecule has 1 aromatic carbocycles. The van der Waals surface area contributed by atoms with Crippen LogP contribution in [0.2, 0.25) is 0 Å². The van der Waals surface area contributed by atoms with E-state index in [1.165, 1.54) is 12.7 Å². The van der Waals surface area contributed by atoms with Gasteiger partial charge in [-0.15, -0.1) is 0 Å². The Morgan fingerprint density at radius 2 is 1.15 bits per heavy atom. The van der Waals surface area contributed by atoms with Gasteiger partial charge in [-0.1, -0.05) is 36.4 Å². The van der Waals surface area contributed by atoms with Gasteiger partial charge in [-0.05, 0) is 61.8 Å². The smallest absolute Gasteiger partial charge is 0.325 e. The Labute approximate surface area is 261 Å². The molecule has 7 nitrogen and oxygen atoms in total. The summed E-state index contributed by atoms with van der Waals surface area (Å²) >= 11 is 0. The average molecular weight is 644 g/mol. The number of allylic oxidation sites excluding steroid dienone is 4. The zero-order valence-corrected chi connectivity index (χ0v) is 24.6. The van der Waals surface area contributed by atoms with Gasteiger partial charge >= 0.3 is 12.4 Å². The summed E-state index contributed by atoms with van der Waals surface area (Å²) < 4.78 is 76.0. The molecule has 0 saturated heterocycles. The summed E-state index contributed by atoms with van der Waals surface area (Å²) in [5, 5.41) is 0. The molecule has 2 unspecified atom stereocenters. The maximum absolute atomic E-state index is 12.8. The van der Waals surface area contributed by atoms with Crippen LogP contribution in [-0.4, -0.2) is 43.9 Å². The summed E-state index contributed by atoms with van der Waals surface area (Å²) in [4.78, 5) is 41.5. The third-order valence-electron chi connectivity index (χ3n) is 8.57. The fourth-order valence-corrected chi connectivity index (χ4v) is 5.90. The van der Waals surface area contributed by atoms with E-state index in [9.17, 15) is 35.9 Å². The summed E-state index contributed by atoms with van der Waals surface area (Å²) in [5.41, 5.74) is 10.4. The maximum Gasteiger partial charge on any atom is 0.392 e. The van der Waals surface area contributed by atoms with E-state index in [1.807, 2.05) is 0 Å². The number of aromatic nitrogens is 4. The van der Waals surface area contributed by atoms with Crippen LogP contribution >= 0.6 is 0 Å². The van der Waals surface area contributed by atoms with Gasteiger partial charge in [0, 0.05) is 29.8 Å². The zero-order valence-electron chi connectivity index (χ0n) is 24.6. The minimum absolute atomic E-state index is 0.0286. The molecule has 0 aliphatic heterocycles. The number of fused-ring (bicyclic) bond motifs is 1. The van der Waals surface area contributed by atoms with Crippen LogP contribution in [0.5, 0.6) is 0 Å². The van der Waals surface area contributed by atoms with Gasteiger partial charge in [0.1, 0.15) is 12.7 Å². The van der Waals surface area contributed by atoms with Crippen LogP contribution in [0.1, 0.15) is 82.0 Å². The standard InChI is InChI=1S/C21H17F3N2O2.C12H14F3N3/c22-21(23,24)13-7-5-12(6-8-13)18-10-14(25-11-26-18)9-17-19(27)15-3-1-2-4-16(15)20(17)28;13-12(14,15)9-3-1-8(2-4-9)11-5-10(6-16)17-7-18-11/h1-5,10-11,13,17H,6-9H2;1,5,7,9H,2-4,6,16H2. The lowest BCUT2D eigenvalue weighted by Gasteiger charge is -2.24. The second-order valence-corrected chi connectivity index (χ2v) is 11.5. The lowest BCUT2D eigenvalue weighted by molar-refractivity contribution is -0.176. The Bertz CT molecular complexity index is 1630. The van der Waals surface area contributed by atoms with Gasteiger partial charge in [-0.25, -0.2) is 19.9 Å². The molecule has 242 valence electrons. The Morgan fingerprint density at radius 1 is 0.696 bits per heavy atom. The van der Waals surface area contributed by atoms with Crippen LogP contribution in [0.4, 0.5) is 26.3 Å². The lowest BCUT2D eigenvalue weighted by Crippen LogP contribution is -2.24. The highest BCUT2D eigenvalue weighted by molar-refractivity contribution is 6.26. The number of benzene rings is 1. The van der Waals surface area contributed by atoms with E-state index in [1.54, 1.807) is 48.6 Å². The molecule has 0 saturated carbocycles. The highest BCUT2D eigenvalue weighted by Crippen LogP contribution is 2.40. The lowest BCUT2D eigenvalue weighted by atomic mass is 9.87. The first-order valence-electron chi connectivity index (χ1n) is 14.9. The van der Waals surface area contributed by atoms with Crippen LogP contribution < -0.4 is 5.73 Å². The normalized spacial score (nSPS) is 20.4. The van der Waals surface area contributed by atoms with E-state index in [0.29, 0.717) is 46.9 Å². The molecule has 6 rings (SSSR count). The number of nitrogens with two attached hydrogens (primary N) is 1. The monoisotopic (exact) mass is 643 g/mol. The number of carbonyl (C=O) groups excluding carboxylic acids is 2. The molecular weight excluding hydrogens is 612 g/mol. The first kappa shape index (κ1) is 33.1. The predicted octanol–water partition coefficient (Wildman–Crippen LogP) is 7.14. The van der Waals surface area contributed by atoms with E-state index in [2.05, 4.69) is 19.9 Å². The fraction of sp³-hybridized carbons (Fsp3) is 0.394. The number of nitrogens with zero attached hydrogens (tertiary/aromatic N) is 4. The van der Waals surface area contributed by atoms with Crippen LogP contribution in [0, 0.1) is 17.8 Å². The van der Waals surface area contributed by atoms with Crippen LogP contribution in [0.15, 0.2) is 61.2 Å². The first-order chi connectivity index (χ1) is 21.8. The number of hydrogen-bond acceptors (Lipinski definition) is 7. The summed E-state index contributed by atoms with van der Waals surface area (Å²) in [6.45, 7) is 0.300. The van der Waals surface area contributed by atoms with Crippen LogP contribution in [-0.2, 0) is 13.0 Å². The van der Waals surface area contributed by atoms with Crippen molar-refractivity contribution in [3.63, 3.8) is 0 Å². The average Bonchev–Trinajstić information content (AvgIpc) is 3.29. The molecule has 3 aliphatic carbocycles. The number of alkyl halides is 6. The van der Waals surface area contributed by atoms with Crippen molar-refractivity contribution in [1.29, 1.82) is 0 Å². The van der Waals surface area contributed by atoms with E-state index in [0.717, 1.165) is 11.1 Å². The highest BCUT2D eigenvalue weighted by atomic mass is 19.4. The summed E-state index contributed by atoms with van der Waals surface area (Å²) in [6, 6.07) is 10.1. The largest absolute Gasteiger partial charge is 0.392 e. The van der Waals surface area contributed by atoms with Gasteiger partial charge < -0.3 is 5.73 Å². The molecule has 0 bridgehead atoms. The molecule has 0 fully saturated rings. The number of Topliss-reactive ketones (excluding diaryl/α,β-unsaturated/α-hetero) is 2. The Balaban J connectivity index is 0.000000200. The van der Waals surface area contributed by atoms with Crippen molar-refractivity contribution in [2.24, 2.45) is 23.5 Å². The molecule has 0 amide bonds.